The molecule has 19 heavy (non-hydrogen) atoms. The molecule has 0 aliphatic carbocycles. The fourth-order valence-corrected chi connectivity index (χ4v) is 1.52. The number of ether oxygens (including phenoxy) is 1. The molecule has 1 amide bonds. The van der Waals surface area contributed by atoms with Crippen molar-refractivity contribution in [3.8, 4) is 11.5 Å². The largest absolute Gasteiger partial charge is 0.377 e. The van der Waals surface area contributed by atoms with Crippen LogP contribution < -0.4 is 5.32 Å². The van der Waals surface area contributed by atoms with E-state index in [9.17, 15) is 9.18 Å². The number of carbonyl (C=O) groups is 1. The minimum atomic E-state index is -0.512. The van der Waals surface area contributed by atoms with Gasteiger partial charge in [0.1, 0.15) is 12.4 Å². The van der Waals surface area contributed by atoms with Crippen LogP contribution in [0, 0.1) is 5.82 Å². The number of nitrogens with zero attached hydrogens (tertiary/aromatic N) is 2. The molecular formula is C12H12FN3O3. The Hall–Kier alpha value is -2.28. The number of hydrogen-bond acceptors (Lipinski definition) is 5. The fourth-order valence-electron chi connectivity index (χ4n) is 1.52. The molecule has 1 aromatic heterocycles. The van der Waals surface area contributed by atoms with E-state index in [1.54, 1.807) is 0 Å². The molecule has 6 nitrogen and oxygen atoms in total. The maximum Gasteiger partial charge on any atom is 0.261 e. The molecular weight excluding hydrogens is 253 g/mol. The van der Waals surface area contributed by atoms with E-state index in [2.05, 4.69) is 15.5 Å². The van der Waals surface area contributed by atoms with Crippen LogP contribution in [0.25, 0.3) is 11.5 Å². The number of benzene rings is 1. The number of aromatic nitrogens is 2. The number of carbonyl (C=O) groups excluding carboxylic acids is 1. The van der Waals surface area contributed by atoms with E-state index in [1.165, 1.54) is 32.2 Å². The Bertz CT molecular complexity index is 598. The number of amides is 1. The maximum absolute atomic E-state index is 13.7. The van der Waals surface area contributed by atoms with Gasteiger partial charge in [0.05, 0.1) is 5.56 Å². The van der Waals surface area contributed by atoms with Gasteiger partial charge in [0.25, 0.3) is 5.89 Å². The molecule has 0 fully saturated rings. The second-order valence-electron chi connectivity index (χ2n) is 3.82. The Labute approximate surface area is 108 Å². The van der Waals surface area contributed by atoms with Gasteiger partial charge in [-0.1, -0.05) is 5.16 Å². The number of halogens is 1. The van der Waals surface area contributed by atoms with Gasteiger partial charge in [-0.05, 0) is 18.2 Å². The van der Waals surface area contributed by atoms with Crippen LogP contribution in [-0.4, -0.2) is 23.2 Å². The first-order chi connectivity index (χ1) is 9.10. The minimum absolute atomic E-state index is 0.0387. The zero-order valence-corrected chi connectivity index (χ0v) is 10.4. The van der Waals surface area contributed by atoms with E-state index in [0.717, 1.165) is 0 Å². The molecule has 1 aromatic carbocycles. The third kappa shape index (κ3) is 3.14. The Kier molecular flexibility index (Phi) is 3.86. The number of nitrogens with one attached hydrogen (secondary N) is 1. The highest BCUT2D eigenvalue weighted by atomic mass is 19.1. The van der Waals surface area contributed by atoms with Crippen molar-refractivity contribution in [3.63, 3.8) is 0 Å². The third-order valence-corrected chi connectivity index (χ3v) is 2.26. The van der Waals surface area contributed by atoms with Crippen molar-refractivity contribution in [1.82, 2.24) is 10.1 Å². The highest BCUT2D eigenvalue weighted by Crippen LogP contribution is 2.24. The van der Waals surface area contributed by atoms with Crippen LogP contribution in [0.3, 0.4) is 0 Å². The quantitative estimate of drug-likeness (QED) is 0.914. The van der Waals surface area contributed by atoms with Crippen LogP contribution in [0.4, 0.5) is 10.1 Å². The average molecular weight is 265 g/mol. The Morgan fingerprint density at radius 1 is 1.53 bits per heavy atom. The molecule has 1 N–H and O–H groups in total. The molecule has 0 saturated heterocycles. The number of methoxy groups -OCH3 is 1. The highest BCUT2D eigenvalue weighted by molar-refractivity contribution is 5.89. The highest BCUT2D eigenvalue weighted by Gasteiger charge is 2.14. The summed E-state index contributed by atoms with van der Waals surface area (Å²) in [6, 6.07) is 4.11. The molecule has 0 saturated carbocycles. The van der Waals surface area contributed by atoms with E-state index < -0.39 is 5.82 Å². The van der Waals surface area contributed by atoms with Gasteiger partial charge in [0.2, 0.25) is 5.91 Å². The van der Waals surface area contributed by atoms with Crippen molar-refractivity contribution < 1.29 is 18.4 Å². The molecule has 0 unspecified atom stereocenters. The first-order valence-corrected chi connectivity index (χ1v) is 5.49. The molecule has 0 atom stereocenters. The lowest BCUT2D eigenvalue weighted by molar-refractivity contribution is -0.114. The predicted octanol–water partition coefficient (Wildman–Crippen LogP) is 1.98. The van der Waals surface area contributed by atoms with Gasteiger partial charge in [-0.15, -0.1) is 0 Å². The number of rotatable bonds is 4. The molecule has 0 bridgehead atoms. The summed E-state index contributed by atoms with van der Waals surface area (Å²) in [4.78, 5) is 15.0. The Morgan fingerprint density at radius 3 is 3.00 bits per heavy atom. The second kappa shape index (κ2) is 5.57. The predicted molar refractivity (Wildman–Crippen MR) is 64.7 cm³/mol. The van der Waals surface area contributed by atoms with Gasteiger partial charge in [0, 0.05) is 19.7 Å². The monoisotopic (exact) mass is 265 g/mol. The molecule has 0 spiro atoms. The SMILES string of the molecule is COCc1noc(-c2cc(NC(C)=O)ccc2F)n1. The van der Waals surface area contributed by atoms with Crippen LogP contribution in [0.2, 0.25) is 0 Å². The van der Waals surface area contributed by atoms with E-state index >= 15 is 0 Å². The van der Waals surface area contributed by atoms with E-state index in [4.69, 9.17) is 9.26 Å². The van der Waals surface area contributed by atoms with Crippen molar-refractivity contribution in [2.45, 2.75) is 13.5 Å². The van der Waals surface area contributed by atoms with Gasteiger partial charge >= 0.3 is 0 Å². The van der Waals surface area contributed by atoms with Crippen LogP contribution in [0.1, 0.15) is 12.7 Å². The fraction of sp³-hybridized carbons (Fsp3) is 0.250. The molecule has 0 aliphatic rings. The molecule has 2 aromatic rings. The normalized spacial score (nSPS) is 10.5. The standard InChI is InChI=1S/C12H12FN3O3/c1-7(17)14-8-3-4-10(13)9(5-8)12-15-11(6-18-2)16-19-12/h3-5H,6H2,1-2H3,(H,14,17). The van der Waals surface area contributed by atoms with Crippen LogP contribution >= 0.6 is 0 Å². The summed E-state index contributed by atoms with van der Waals surface area (Å²) in [5, 5.41) is 6.20. The zero-order valence-electron chi connectivity index (χ0n) is 10.4. The average Bonchev–Trinajstić information content (AvgIpc) is 2.80. The molecule has 1 heterocycles. The minimum Gasteiger partial charge on any atom is -0.377 e. The van der Waals surface area contributed by atoms with E-state index in [0.29, 0.717) is 11.5 Å². The molecule has 0 aliphatic heterocycles. The first-order valence-electron chi connectivity index (χ1n) is 5.49. The van der Waals surface area contributed by atoms with Crippen molar-refractivity contribution in [2.75, 3.05) is 12.4 Å². The lowest BCUT2D eigenvalue weighted by atomic mass is 10.2. The summed E-state index contributed by atoms with van der Waals surface area (Å²) in [5.41, 5.74) is 0.580. The first kappa shape index (κ1) is 13.2. The van der Waals surface area contributed by atoms with Gasteiger partial charge in [-0.25, -0.2) is 4.39 Å². The third-order valence-electron chi connectivity index (χ3n) is 2.26. The Balaban J connectivity index is 2.33. The summed E-state index contributed by atoms with van der Waals surface area (Å²) in [6.07, 6.45) is 0. The summed E-state index contributed by atoms with van der Waals surface area (Å²) >= 11 is 0. The van der Waals surface area contributed by atoms with Crippen molar-refractivity contribution >= 4 is 11.6 Å². The summed E-state index contributed by atoms with van der Waals surface area (Å²) in [6.45, 7) is 1.54. The lowest BCUT2D eigenvalue weighted by Crippen LogP contribution is -2.05. The van der Waals surface area contributed by atoms with Gasteiger partial charge < -0.3 is 14.6 Å². The van der Waals surface area contributed by atoms with E-state index in [-0.39, 0.29) is 24.0 Å². The van der Waals surface area contributed by atoms with Crippen LogP contribution in [-0.2, 0) is 16.1 Å². The van der Waals surface area contributed by atoms with Crippen molar-refractivity contribution in [1.29, 1.82) is 0 Å². The smallest absolute Gasteiger partial charge is 0.261 e. The summed E-state index contributed by atoms with van der Waals surface area (Å²) < 4.78 is 23.5. The second-order valence-corrected chi connectivity index (χ2v) is 3.82. The zero-order chi connectivity index (χ0) is 13.8. The van der Waals surface area contributed by atoms with Crippen LogP contribution in [0.15, 0.2) is 22.7 Å². The van der Waals surface area contributed by atoms with Crippen LogP contribution in [0.5, 0.6) is 0 Å². The molecule has 100 valence electrons. The topological polar surface area (TPSA) is 77.3 Å². The lowest BCUT2D eigenvalue weighted by Gasteiger charge is -2.04. The summed E-state index contributed by atoms with van der Waals surface area (Å²) in [7, 11) is 1.49. The van der Waals surface area contributed by atoms with Gasteiger partial charge in [0.15, 0.2) is 5.82 Å². The molecule has 0 radical (unpaired) electrons. The molecule has 7 heteroatoms. The van der Waals surface area contributed by atoms with Gasteiger partial charge in [-0.3, -0.25) is 4.79 Å². The Morgan fingerprint density at radius 2 is 2.32 bits per heavy atom. The van der Waals surface area contributed by atoms with Crippen molar-refractivity contribution in [2.24, 2.45) is 0 Å². The number of hydrogen-bond donors (Lipinski definition) is 1. The van der Waals surface area contributed by atoms with E-state index in [1.807, 2.05) is 0 Å². The van der Waals surface area contributed by atoms with Crippen molar-refractivity contribution in [3.05, 3.63) is 29.8 Å². The molecule has 2 rings (SSSR count). The number of anilines is 1. The van der Waals surface area contributed by atoms with Gasteiger partial charge in [-0.2, -0.15) is 4.98 Å². The summed E-state index contributed by atoms with van der Waals surface area (Å²) in [5.74, 6) is -0.400. The maximum atomic E-state index is 13.7.